The van der Waals surface area contributed by atoms with Crippen molar-refractivity contribution < 1.29 is 18.0 Å². The summed E-state index contributed by atoms with van der Waals surface area (Å²) in [6.07, 6.45) is 0.595. The topological polar surface area (TPSA) is 83.6 Å². The number of benzene rings is 1. The molecule has 0 bridgehead atoms. The number of nitrogens with zero attached hydrogens (tertiary/aromatic N) is 1. The van der Waals surface area contributed by atoms with Gasteiger partial charge in [-0.05, 0) is 36.4 Å². The molecule has 1 spiro atoms. The molecule has 2 heterocycles. The summed E-state index contributed by atoms with van der Waals surface area (Å²) in [6, 6.07) is 5.79. The van der Waals surface area contributed by atoms with Crippen molar-refractivity contribution >= 4 is 49.5 Å². The first-order chi connectivity index (χ1) is 10.8. The molecule has 3 rings (SSSR count). The Kier molecular flexibility index (Phi) is 4.45. The molecule has 1 aromatic carbocycles. The summed E-state index contributed by atoms with van der Waals surface area (Å²) in [5.41, 5.74) is -0.830. The van der Waals surface area contributed by atoms with Gasteiger partial charge in [0.1, 0.15) is 5.54 Å². The van der Waals surface area contributed by atoms with E-state index in [1.807, 2.05) is 0 Å². The number of rotatable bonds is 4. The van der Waals surface area contributed by atoms with Gasteiger partial charge in [-0.25, -0.2) is 13.2 Å². The molecule has 124 valence electrons. The summed E-state index contributed by atoms with van der Waals surface area (Å²) in [5.74, 6) is 0.778. The van der Waals surface area contributed by atoms with E-state index in [-0.39, 0.29) is 23.1 Å². The molecule has 0 saturated carbocycles. The van der Waals surface area contributed by atoms with Gasteiger partial charge in [0, 0.05) is 16.8 Å². The largest absolute Gasteiger partial charge is 0.325 e. The number of nitrogens with one attached hydrogen (secondary N) is 1. The van der Waals surface area contributed by atoms with Crippen molar-refractivity contribution in [3.05, 3.63) is 28.7 Å². The highest BCUT2D eigenvalue weighted by Gasteiger charge is 2.52. The van der Waals surface area contributed by atoms with E-state index in [1.54, 1.807) is 23.9 Å². The maximum Gasteiger partial charge on any atom is 0.325 e. The third kappa shape index (κ3) is 3.14. The van der Waals surface area contributed by atoms with Crippen molar-refractivity contribution in [3.8, 4) is 0 Å². The number of urea groups is 1. The van der Waals surface area contributed by atoms with Crippen molar-refractivity contribution in [2.45, 2.75) is 16.9 Å². The SMILES string of the molecule is O=C1NC2(CCSC2)C(=O)N1CCS(=O)(=O)c1ccc(Br)cc1. The lowest BCUT2D eigenvalue weighted by atomic mass is 9.99. The van der Waals surface area contributed by atoms with Crippen molar-refractivity contribution in [1.82, 2.24) is 10.2 Å². The monoisotopic (exact) mass is 418 g/mol. The number of halogens is 1. The minimum absolute atomic E-state index is 0.129. The standard InChI is InChI=1S/C14H15BrN2O4S2/c15-10-1-3-11(4-2-10)23(20,21)8-6-17-12(18)14(16-13(17)19)5-7-22-9-14/h1-4H,5-9H2,(H,16,19). The van der Waals surface area contributed by atoms with Crippen LogP contribution in [0.25, 0.3) is 0 Å². The summed E-state index contributed by atoms with van der Waals surface area (Å²) >= 11 is 4.87. The first kappa shape index (κ1) is 16.8. The zero-order valence-electron chi connectivity index (χ0n) is 12.1. The molecule has 0 aliphatic carbocycles. The number of carbonyl (C=O) groups excluding carboxylic acids is 2. The van der Waals surface area contributed by atoms with E-state index in [0.717, 1.165) is 15.1 Å². The van der Waals surface area contributed by atoms with Gasteiger partial charge < -0.3 is 5.32 Å². The Morgan fingerprint density at radius 3 is 2.57 bits per heavy atom. The molecule has 2 fully saturated rings. The van der Waals surface area contributed by atoms with E-state index in [4.69, 9.17) is 0 Å². The van der Waals surface area contributed by atoms with Gasteiger partial charge >= 0.3 is 6.03 Å². The zero-order valence-corrected chi connectivity index (χ0v) is 15.3. The Morgan fingerprint density at radius 1 is 1.26 bits per heavy atom. The molecule has 6 nitrogen and oxygen atoms in total. The molecule has 1 unspecified atom stereocenters. The zero-order chi connectivity index (χ0) is 16.7. The lowest BCUT2D eigenvalue weighted by Crippen LogP contribution is -2.47. The average Bonchev–Trinajstić information content (AvgIpc) is 3.05. The Labute approximate surface area is 147 Å². The molecule has 2 aliphatic rings. The summed E-state index contributed by atoms with van der Waals surface area (Å²) < 4.78 is 25.5. The summed E-state index contributed by atoms with van der Waals surface area (Å²) in [6.45, 7) is -0.129. The highest BCUT2D eigenvalue weighted by Crippen LogP contribution is 2.33. The highest BCUT2D eigenvalue weighted by molar-refractivity contribution is 9.10. The Balaban J connectivity index is 1.71. The number of amides is 3. The molecular formula is C14H15BrN2O4S2. The normalized spacial score (nSPS) is 24.5. The van der Waals surface area contributed by atoms with Crippen LogP contribution in [0.3, 0.4) is 0 Å². The van der Waals surface area contributed by atoms with Gasteiger partial charge in [0.25, 0.3) is 5.91 Å². The van der Waals surface area contributed by atoms with Crippen LogP contribution in [0.15, 0.2) is 33.6 Å². The van der Waals surface area contributed by atoms with Crippen molar-refractivity contribution in [2.75, 3.05) is 23.8 Å². The molecule has 0 radical (unpaired) electrons. The summed E-state index contributed by atoms with van der Waals surface area (Å²) in [7, 11) is -3.55. The third-order valence-electron chi connectivity index (χ3n) is 4.02. The molecule has 1 atom stereocenters. The first-order valence-corrected chi connectivity index (χ1v) is 10.6. The van der Waals surface area contributed by atoms with Gasteiger partial charge in [0.15, 0.2) is 9.84 Å². The maximum atomic E-state index is 12.5. The van der Waals surface area contributed by atoms with E-state index < -0.39 is 21.4 Å². The van der Waals surface area contributed by atoms with Crippen LogP contribution in [-0.2, 0) is 14.6 Å². The molecule has 9 heteroatoms. The van der Waals surface area contributed by atoms with E-state index in [9.17, 15) is 18.0 Å². The van der Waals surface area contributed by atoms with Gasteiger partial charge in [-0.15, -0.1) is 0 Å². The number of hydrogen-bond donors (Lipinski definition) is 1. The van der Waals surface area contributed by atoms with Crippen LogP contribution in [0.5, 0.6) is 0 Å². The van der Waals surface area contributed by atoms with Gasteiger partial charge in [0.2, 0.25) is 0 Å². The van der Waals surface area contributed by atoms with Crippen molar-refractivity contribution in [2.24, 2.45) is 0 Å². The van der Waals surface area contributed by atoms with Gasteiger partial charge in [0.05, 0.1) is 10.6 Å². The third-order valence-corrected chi connectivity index (χ3v) is 7.45. The first-order valence-electron chi connectivity index (χ1n) is 7.04. The van der Waals surface area contributed by atoms with E-state index in [1.165, 1.54) is 12.1 Å². The highest BCUT2D eigenvalue weighted by atomic mass is 79.9. The quantitative estimate of drug-likeness (QED) is 0.751. The van der Waals surface area contributed by atoms with Crippen molar-refractivity contribution in [3.63, 3.8) is 0 Å². The molecular weight excluding hydrogens is 404 g/mol. The van der Waals surface area contributed by atoms with Gasteiger partial charge in [-0.2, -0.15) is 11.8 Å². The lowest BCUT2D eigenvalue weighted by Gasteiger charge is -2.19. The number of hydrogen-bond acceptors (Lipinski definition) is 5. The minimum atomic E-state index is -3.55. The second-order valence-corrected chi connectivity index (χ2v) is 9.67. The molecule has 23 heavy (non-hydrogen) atoms. The van der Waals surface area contributed by atoms with Crippen LogP contribution in [0.1, 0.15) is 6.42 Å². The average molecular weight is 419 g/mol. The minimum Gasteiger partial charge on any atom is -0.322 e. The van der Waals surface area contributed by atoms with Gasteiger partial charge in [-0.3, -0.25) is 9.69 Å². The predicted molar refractivity (Wildman–Crippen MR) is 91.1 cm³/mol. The maximum absolute atomic E-state index is 12.5. The molecule has 1 N–H and O–H groups in total. The molecule has 3 amide bonds. The second-order valence-electron chi connectivity index (χ2n) is 5.54. The fourth-order valence-electron chi connectivity index (χ4n) is 2.68. The Morgan fingerprint density at radius 2 is 1.96 bits per heavy atom. The second kappa shape index (κ2) is 6.10. The fourth-order valence-corrected chi connectivity index (χ4v) is 5.48. The summed E-state index contributed by atoms with van der Waals surface area (Å²) in [5, 5.41) is 2.73. The number of carbonyl (C=O) groups is 2. The fraction of sp³-hybridized carbons (Fsp3) is 0.429. The van der Waals surface area contributed by atoms with Crippen LogP contribution in [-0.4, -0.2) is 54.6 Å². The van der Waals surface area contributed by atoms with Crippen LogP contribution in [0.2, 0.25) is 0 Å². The molecule has 0 aromatic heterocycles. The van der Waals surface area contributed by atoms with Gasteiger partial charge in [-0.1, -0.05) is 15.9 Å². The van der Waals surface area contributed by atoms with E-state index >= 15 is 0 Å². The smallest absolute Gasteiger partial charge is 0.322 e. The lowest BCUT2D eigenvalue weighted by molar-refractivity contribution is -0.130. The van der Waals surface area contributed by atoms with E-state index in [2.05, 4.69) is 21.2 Å². The van der Waals surface area contributed by atoms with Crippen LogP contribution in [0.4, 0.5) is 4.79 Å². The van der Waals surface area contributed by atoms with Crippen LogP contribution >= 0.6 is 27.7 Å². The molecule has 1 aromatic rings. The van der Waals surface area contributed by atoms with E-state index in [0.29, 0.717) is 12.2 Å². The van der Waals surface area contributed by atoms with Crippen LogP contribution in [0, 0.1) is 0 Å². The molecule has 2 saturated heterocycles. The van der Waals surface area contributed by atoms with Crippen molar-refractivity contribution in [1.29, 1.82) is 0 Å². The number of sulfone groups is 1. The molecule has 2 aliphatic heterocycles. The Bertz CT molecular complexity index is 743. The Hall–Kier alpha value is -1.06. The summed E-state index contributed by atoms with van der Waals surface area (Å²) in [4.78, 5) is 25.7. The number of thioether (sulfide) groups is 1. The van der Waals surface area contributed by atoms with Crippen LogP contribution < -0.4 is 5.32 Å². The predicted octanol–water partition coefficient (Wildman–Crippen LogP) is 1.65. The number of imide groups is 1.